The summed E-state index contributed by atoms with van der Waals surface area (Å²) in [6.45, 7) is 0. The maximum atomic E-state index is 7.85. The SMILES string of the molecule is N#CC1=NN=N1. The molecular formula is C2N4. The van der Waals surface area contributed by atoms with Crippen molar-refractivity contribution in [2.24, 2.45) is 15.4 Å². The molecule has 0 aromatic carbocycles. The third-order valence-corrected chi connectivity index (χ3v) is 0.379. The van der Waals surface area contributed by atoms with Crippen LogP contribution in [0.4, 0.5) is 0 Å². The van der Waals surface area contributed by atoms with Crippen LogP contribution in [0.5, 0.6) is 0 Å². The van der Waals surface area contributed by atoms with Gasteiger partial charge in [0.05, 0.1) is 0 Å². The first-order valence-electron chi connectivity index (χ1n) is 1.32. The maximum Gasteiger partial charge on any atom is 0.276 e. The Balaban J connectivity index is 2.65. The molecule has 0 saturated heterocycles. The lowest BCUT2D eigenvalue weighted by molar-refractivity contribution is 0.998. The van der Waals surface area contributed by atoms with Crippen molar-refractivity contribution in [2.75, 3.05) is 0 Å². The van der Waals surface area contributed by atoms with E-state index >= 15 is 0 Å². The summed E-state index contributed by atoms with van der Waals surface area (Å²) in [4.78, 5) is 0. The van der Waals surface area contributed by atoms with E-state index in [1.807, 2.05) is 0 Å². The number of nitrogens with zero attached hydrogens (tertiary/aromatic N) is 4. The second-order valence-electron chi connectivity index (χ2n) is 0.725. The molecule has 28 valence electrons. The minimum Gasteiger partial charge on any atom is -0.189 e. The maximum absolute atomic E-state index is 7.85. The zero-order valence-electron chi connectivity index (χ0n) is 2.79. The van der Waals surface area contributed by atoms with E-state index in [1.54, 1.807) is 6.07 Å². The van der Waals surface area contributed by atoms with Gasteiger partial charge in [0.15, 0.2) is 0 Å². The Hall–Kier alpha value is -1.24. The molecule has 6 heavy (non-hydrogen) atoms. The summed E-state index contributed by atoms with van der Waals surface area (Å²) in [6.07, 6.45) is 0. The fraction of sp³-hybridized carbons (Fsp3) is 0. The number of rotatable bonds is 0. The summed E-state index contributed by atoms with van der Waals surface area (Å²) in [6, 6.07) is 1.69. The molecule has 0 bridgehead atoms. The summed E-state index contributed by atoms with van der Waals surface area (Å²) in [5, 5.41) is 17.3. The third-order valence-electron chi connectivity index (χ3n) is 0.379. The second kappa shape index (κ2) is 0.863. The van der Waals surface area contributed by atoms with Crippen LogP contribution in [0.3, 0.4) is 0 Å². The second-order valence-corrected chi connectivity index (χ2v) is 0.725. The Morgan fingerprint density at radius 2 is 2.33 bits per heavy atom. The van der Waals surface area contributed by atoms with Gasteiger partial charge in [-0.15, -0.1) is 0 Å². The first kappa shape index (κ1) is 2.97. The average molecular weight is 80.0 g/mol. The summed E-state index contributed by atoms with van der Waals surface area (Å²) >= 11 is 0. The average Bonchev–Trinajstić information content (AvgIpc) is 1.31. The number of hydrogen-bond acceptors (Lipinski definition) is 4. The molecule has 1 aliphatic rings. The van der Waals surface area contributed by atoms with Crippen molar-refractivity contribution in [1.82, 2.24) is 0 Å². The molecule has 0 aromatic heterocycles. The molecule has 0 atom stereocenters. The monoisotopic (exact) mass is 80.0 g/mol. The number of nitriles is 1. The highest BCUT2D eigenvalue weighted by atomic mass is 15.5. The highest BCUT2D eigenvalue weighted by Crippen LogP contribution is 1.92. The summed E-state index contributed by atoms with van der Waals surface area (Å²) in [5.41, 5.74) is 0. The molecule has 1 rings (SSSR count). The normalized spacial score (nSPS) is 14.8. The smallest absolute Gasteiger partial charge is 0.189 e. The fourth-order valence-corrected chi connectivity index (χ4v) is 0.134. The van der Waals surface area contributed by atoms with Crippen molar-refractivity contribution in [3.8, 4) is 6.07 Å². The summed E-state index contributed by atoms with van der Waals surface area (Å²) in [5.74, 6) is 0.162. The van der Waals surface area contributed by atoms with Gasteiger partial charge in [-0.05, 0) is 5.22 Å². The lowest BCUT2D eigenvalue weighted by atomic mass is 10.7. The number of amidine groups is 1. The van der Waals surface area contributed by atoms with Gasteiger partial charge in [0.1, 0.15) is 6.07 Å². The fourth-order valence-electron chi connectivity index (χ4n) is 0.134. The van der Waals surface area contributed by atoms with Crippen LogP contribution < -0.4 is 0 Å². The van der Waals surface area contributed by atoms with E-state index in [0.29, 0.717) is 0 Å². The highest BCUT2D eigenvalue weighted by Gasteiger charge is 1.97. The molecule has 0 fully saturated rings. The minimum absolute atomic E-state index is 0.162. The van der Waals surface area contributed by atoms with Crippen molar-refractivity contribution in [3.05, 3.63) is 0 Å². The van der Waals surface area contributed by atoms with Crippen LogP contribution in [0, 0.1) is 11.3 Å². The Kier molecular flexibility index (Phi) is 0.427. The van der Waals surface area contributed by atoms with Crippen LogP contribution in [0.25, 0.3) is 0 Å². The lowest BCUT2D eigenvalue weighted by Gasteiger charge is -1.84. The first-order valence-corrected chi connectivity index (χ1v) is 1.32. The first-order chi connectivity index (χ1) is 2.93. The summed E-state index contributed by atoms with van der Waals surface area (Å²) < 4.78 is 0. The van der Waals surface area contributed by atoms with Gasteiger partial charge in [0, 0.05) is 0 Å². The van der Waals surface area contributed by atoms with Crippen LogP contribution >= 0.6 is 0 Å². The van der Waals surface area contributed by atoms with Gasteiger partial charge in [0.2, 0.25) is 0 Å². The van der Waals surface area contributed by atoms with Crippen LogP contribution in [0.2, 0.25) is 0 Å². The van der Waals surface area contributed by atoms with Crippen molar-refractivity contribution in [1.29, 1.82) is 5.26 Å². The Morgan fingerprint density at radius 1 is 1.67 bits per heavy atom. The van der Waals surface area contributed by atoms with Gasteiger partial charge in [0.25, 0.3) is 5.84 Å². The summed E-state index contributed by atoms with van der Waals surface area (Å²) in [7, 11) is 0. The van der Waals surface area contributed by atoms with Gasteiger partial charge in [-0.1, -0.05) is 10.2 Å². The quantitative estimate of drug-likeness (QED) is 0.412. The van der Waals surface area contributed by atoms with Gasteiger partial charge >= 0.3 is 0 Å². The molecule has 0 aromatic rings. The van der Waals surface area contributed by atoms with E-state index in [9.17, 15) is 0 Å². The Bertz CT molecular complexity index is 147. The van der Waals surface area contributed by atoms with Crippen molar-refractivity contribution in [3.63, 3.8) is 0 Å². The van der Waals surface area contributed by atoms with E-state index in [4.69, 9.17) is 5.26 Å². The van der Waals surface area contributed by atoms with E-state index in [0.717, 1.165) is 0 Å². The van der Waals surface area contributed by atoms with Crippen molar-refractivity contribution < 1.29 is 0 Å². The van der Waals surface area contributed by atoms with Gasteiger partial charge in [-0.25, -0.2) is 0 Å². The number of hydrogen-bond donors (Lipinski definition) is 0. The van der Waals surface area contributed by atoms with E-state index in [1.165, 1.54) is 0 Å². The van der Waals surface area contributed by atoms with Crippen LogP contribution in [0.1, 0.15) is 0 Å². The van der Waals surface area contributed by atoms with Crippen LogP contribution in [0.15, 0.2) is 15.4 Å². The van der Waals surface area contributed by atoms with Crippen LogP contribution in [-0.2, 0) is 0 Å². The molecule has 0 N–H and O–H groups in total. The molecule has 1 aliphatic heterocycles. The minimum atomic E-state index is 0.162. The van der Waals surface area contributed by atoms with Crippen molar-refractivity contribution in [2.45, 2.75) is 0 Å². The van der Waals surface area contributed by atoms with Gasteiger partial charge in [-0.2, -0.15) is 5.26 Å². The van der Waals surface area contributed by atoms with E-state index in [2.05, 4.69) is 15.4 Å². The molecule has 1 heterocycles. The molecule has 0 radical (unpaired) electrons. The Labute approximate surface area is 33.8 Å². The molecule has 0 unspecified atom stereocenters. The molecule has 4 heteroatoms. The molecular weight excluding hydrogens is 80.0 g/mol. The third kappa shape index (κ3) is 0.187. The lowest BCUT2D eigenvalue weighted by Crippen LogP contribution is -1.91. The topological polar surface area (TPSA) is 60.9 Å². The standard InChI is InChI=1S/C2N4/c3-1-2-4-6-5-2. The van der Waals surface area contributed by atoms with E-state index in [-0.39, 0.29) is 5.84 Å². The van der Waals surface area contributed by atoms with Crippen LogP contribution in [-0.4, -0.2) is 5.84 Å². The molecule has 4 nitrogen and oxygen atoms in total. The molecule has 0 spiro atoms. The van der Waals surface area contributed by atoms with E-state index < -0.39 is 0 Å². The molecule has 0 amide bonds. The highest BCUT2D eigenvalue weighted by molar-refractivity contribution is 5.98. The van der Waals surface area contributed by atoms with Gasteiger partial charge < -0.3 is 0 Å². The predicted molar refractivity (Wildman–Crippen MR) is 17.9 cm³/mol. The Morgan fingerprint density at radius 3 is 2.33 bits per heavy atom. The predicted octanol–water partition coefficient (Wildman–Crippen LogP) is 0.289. The molecule has 0 aliphatic carbocycles. The molecule has 0 saturated carbocycles. The zero-order valence-corrected chi connectivity index (χ0v) is 2.79. The van der Waals surface area contributed by atoms with Crippen molar-refractivity contribution >= 4 is 5.84 Å². The van der Waals surface area contributed by atoms with Gasteiger partial charge in [-0.3, -0.25) is 0 Å². The zero-order chi connectivity index (χ0) is 4.41. The largest absolute Gasteiger partial charge is 0.276 e.